The maximum Gasteiger partial charge on any atom is 0.0945 e. The standard InChI is InChI=1S/C10H15ClN2O2/c1-15-6-8(14)5-13-10-3-2-7(11)4-9(10)12/h2-4,8,13-14H,5-6,12H2,1H3. The molecule has 0 aliphatic carbocycles. The molecule has 84 valence electrons. The molecule has 1 aromatic carbocycles. The second-order valence-electron chi connectivity index (χ2n) is 3.22. The average molecular weight is 231 g/mol. The Labute approximate surface area is 94.0 Å². The highest BCUT2D eigenvalue weighted by Crippen LogP contribution is 2.22. The highest BCUT2D eigenvalue weighted by atomic mass is 35.5. The number of hydrogen-bond donors (Lipinski definition) is 3. The van der Waals surface area contributed by atoms with Crippen LogP contribution in [0, 0.1) is 0 Å². The second kappa shape index (κ2) is 5.80. The number of nitrogens with one attached hydrogen (secondary N) is 1. The molecule has 0 aliphatic rings. The molecule has 4 nitrogen and oxygen atoms in total. The van der Waals surface area contributed by atoms with Gasteiger partial charge in [-0.3, -0.25) is 0 Å². The number of aliphatic hydroxyl groups excluding tert-OH is 1. The minimum atomic E-state index is -0.551. The van der Waals surface area contributed by atoms with Crippen molar-refractivity contribution in [1.29, 1.82) is 0 Å². The van der Waals surface area contributed by atoms with Gasteiger partial charge in [-0.25, -0.2) is 0 Å². The number of ether oxygens (including phenoxy) is 1. The molecule has 0 fully saturated rings. The molecule has 0 aliphatic heterocycles. The van der Waals surface area contributed by atoms with Crippen molar-refractivity contribution in [3.05, 3.63) is 23.2 Å². The van der Waals surface area contributed by atoms with Gasteiger partial charge in [0.2, 0.25) is 0 Å². The van der Waals surface area contributed by atoms with Gasteiger partial charge in [-0.2, -0.15) is 0 Å². The summed E-state index contributed by atoms with van der Waals surface area (Å²) in [6, 6.07) is 5.17. The van der Waals surface area contributed by atoms with Gasteiger partial charge < -0.3 is 20.9 Å². The quantitative estimate of drug-likeness (QED) is 0.668. The summed E-state index contributed by atoms with van der Waals surface area (Å²) in [5, 5.41) is 13.0. The third-order valence-corrected chi connectivity index (χ3v) is 2.14. The summed E-state index contributed by atoms with van der Waals surface area (Å²) in [4.78, 5) is 0. The maximum atomic E-state index is 9.40. The number of hydrogen-bond acceptors (Lipinski definition) is 4. The molecule has 0 spiro atoms. The SMILES string of the molecule is COCC(O)CNc1ccc(Cl)cc1N. The van der Waals surface area contributed by atoms with Crippen LogP contribution in [-0.2, 0) is 4.74 Å². The van der Waals surface area contributed by atoms with Crippen LogP contribution in [0.15, 0.2) is 18.2 Å². The van der Waals surface area contributed by atoms with Crippen molar-refractivity contribution in [1.82, 2.24) is 0 Å². The lowest BCUT2D eigenvalue weighted by molar-refractivity contribution is 0.0728. The molecule has 0 heterocycles. The van der Waals surface area contributed by atoms with Gasteiger partial charge in [0, 0.05) is 18.7 Å². The molecule has 0 aromatic heterocycles. The van der Waals surface area contributed by atoms with E-state index in [2.05, 4.69) is 5.32 Å². The molecule has 1 aromatic rings. The molecule has 1 rings (SSSR count). The lowest BCUT2D eigenvalue weighted by Gasteiger charge is -2.13. The molecule has 5 heteroatoms. The summed E-state index contributed by atoms with van der Waals surface area (Å²) < 4.78 is 4.80. The van der Waals surface area contributed by atoms with Crippen molar-refractivity contribution in [3.8, 4) is 0 Å². The van der Waals surface area contributed by atoms with Gasteiger partial charge in [-0.05, 0) is 18.2 Å². The second-order valence-corrected chi connectivity index (χ2v) is 3.66. The Morgan fingerprint density at radius 1 is 1.60 bits per heavy atom. The number of halogens is 1. The van der Waals surface area contributed by atoms with Crippen LogP contribution in [0.1, 0.15) is 0 Å². The number of nitrogen functional groups attached to an aromatic ring is 1. The number of rotatable bonds is 5. The van der Waals surface area contributed by atoms with E-state index < -0.39 is 6.10 Å². The molecule has 0 amide bonds. The van der Waals surface area contributed by atoms with E-state index >= 15 is 0 Å². The van der Waals surface area contributed by atoms with Crippen LogP contribution in [0.3, 0.4) is 0 Å². The molecule has 0 saturated carbocycles. The van der Waals surface area contributed by atoms with E-state index in [0.717, 1.165) is 5.69 Å². The fourth-order valence-electron chi connectivity index (χ4n) is 1.17. The van der Waals surface area contributed by atoms with Gasteiger partial charge in [0.25, 0.3) is 0 Å². The Hall–Kier alpha value is -0.970. The van der Waals surface area contributed by atoms with Crippen molar-refractivity contribution in [2.24, 2.45) is 0 Å². The van der Waals surface area contributed by atoms with E-state index in [-0.39, 0.29) is 0 Å². The lowest BCUT2D eigenvalue weighted by Crippen LogP contribution is -2.24. The van der Waals surface area contributed by atoms with Gasteiger partial charge in [-0.15, -0.1) is 0 Å². The fraction of sp³-hybridized carbons (Fsp3) is 0.400. The van der Waals surface area contributed by atoms with E-state index in [0.29, 0.717) is 23.9 Å². The molecule has 0 radical (unpaired) electrons. The van der Waals surface area contributed by atoms with E-state index in [9.17, 15) is 5.11 Å². The predicted octanol–water partition coefficient (Wildman–Crippen LogP) is 1.34. The third kappa shape index (κ3) is 3.95. The smallest absolute Gasteiger partial charge is 0.0945 e. The van der Waals surface area contributed by atoms with Crippen molar-refractivity contribution in [2.45, 2.75) is 6.10 Å². The summed E-state index contributed by atoms with van der Waals surface area (Å²) in [6.07, 6.45) is -0.551. The van der Waals surface area contributed by atoms with Crippen molar-refractivity contribution in [2.75, 3.05) is 31.3 Å². The molecule has 0 saturated heterocycles. The average Bonchev–Trinajstić information content (AvgIpc) is 2.17. The van der Waals surface area contributed by atoms with E-state index in [1.165, 1.54) is 0 Å². The van der Waals surface area contributed by atoms with E-state index in [1.807, 2.05) is 0 Å². The van der Waals surface area contributed by atoms with Crippen LogP contribution < -0.4 is 11.1 Å². The van der Waals surface area contributed by atoms with E-state index in [1.54, 1.807) is 25.3 Å². The normalized spacial score (nSPS) is 12.5. The molecule has 15 heavy (non-hydrogen) atoms. The van der Waals surface area contributed by atoms with Gasteiger partial charge in [0.1, 0.15) is 0 Å². The van der Waals surface area contributed by atoms with Crippen molar-refractivity contribution >= 4 is 23.0 Å². The molecular weight excluding hydrogens is 216 g/mol. The minimum absolute atomic E-state index is 0.292. The van der Waals surface area contributed by atoms with Crippen LogP contribution in [0.2, 0.25) is 5.02 Å². The fourth-order valence-corrected chi connectivity index (χ4v) is 1.35. The number of aliphatic hydroxyl groups is 1. The number of anilines is 2. The monoisotopic (exact) mass is 230 g/mol. The van der Waals surface area contributed by atoms with Gasteiger partial charge in [0.05, 0.1) is 24.1 Å². The first kappa shape index (κ1) is 12.1. The third-order valence-electron chi connectivity index (χ3n) is 1.90. The zero-order chi connectivity index (χ0) is 11.3. The molecule has 0 bridgehead atoms. The Bertz CT molecular complexity index is 320. The number of methoxy groups -OCH3 is 1. The van der Waals surface area contributed by atoms with Gasteiger partial charge in [0.15, 0.2) is 0 Å². The Morgan fingerprint density at radius 2 is 2.33 bits per heavy atom. The largest absolute Gasteiger partial charge is 0.397 e. The summed E-state index contributed by atoms with van der Waals surface area (Å²) in [6.45, 7) is 0.681. The highest BCUT2D eigenvalue weighted by molar-refractivity contribution is 6.31. The van der Waals surface area contributed by atoms with E-state index in [4.69, 9.17) is 22.1 Å². The first-order chi connectivity index (χ1) is 7.13. The lowest BCUT2D eigenvalue weighted by atomic mass is 10.2. The molecule has 1 atom stereocenters. The molecule has 4 N–H and O–H groups in total. The van der Waals surface area contributed by atoms with Crippen LogP contribution in [-0.4, -0.2) is 31.5 Å². The van der Waals surface area contributed by atoms with Crippen LogP contribution in [0.4, 0.5) is 11.4 Å². The number of nitrogens with two attached hydrogens (primary N) is 1. The van der Waals surface area contributed by atoms with Crippen molar-refractivity contribution < 1.29 is 9.84 Å². The highest BCUT2D eigenvalue weighted by Gasteiger charge is 2.04. The summed E-state index contributed by atoms with van der Waals surface area (Å²) in [5.74, 6) is 0. The zero-order valence-corrected chi connectivity index (χ0v) is 9.29. The first-order valence-electron chi connectivity index (χ1n) is 4.59. The molecule has 1 unspecified atom stereocenters. The van der Waals surface area contributed by atoms with Crippen LogP contribution >= 0.6 is 11.6 Å². The Balaban J connectivity index is 2.50. The predicted molar refractivity (Wildman–Crippen MR) is 62.2 cm³/mol. The summed E-state index contributed by atoms with van der Waals surface area (Å²) in [5.41, 5.74) is 7.04. The van der Waals surface area contributed by atoms with Crippen LogP contribution in [0.25, 0.3) is 0 Å². The maximum absolute atomic E-state index is 9.40. The molecular formula is C10H15ClN2O2. The van der Waals surface area contributed by atoms with Gasteiger partial charge >= 0.3 is 0 Å². The van der Waals surface area contributed by atoms with Crippen molar-refractivity contribution in [3.63, 3.8) is 0 Å². The Kier molecular flexibility index (Phi) is 4.68. The summed E-state index contributed by atoms with van der Waals surface area (Å²) in [7, 11) is 1.54. The zero-order valence-electron chi connectivity index (χ0n) is 8.53. The Morgan fingerprint density at radius 3 is 2.93 bits per heavy atom. The topological polar surface area (TPSA) is 67.5 Å². The minimum Gasteiger partial charge on any atom is -0.397 e. The summed E-state index contributed by atoms with van der Waals surface area (Å²) >= 11 is 5.75. The first-order valence-corrected chi connectivity index (χ1v) is 4.97. The number of benzene rings is 1. The van der Waals surface area contributed by atoms with Crippen LogP contribution in [0.5, 0.6) is 0 Å². The van der Waals surface area contributed by atoms with Gasteiger partial charge in [-0.1, -0.05) is 11.6 Å².